The topological polar surface area (TPSA) is 52.8 Å². The Kier molecular flexibility index (Phi) is 3.71. The number of imidazole rings is 1. The molecular formula is C11H13ClN4O. The van der Waals surface area contributed by atoms with Crippen molar-refractivity contribution in [3.63, 3.8) is 0 Å². The van der Waals surface area contributed by atoms with Crippen molar-refractivity contribution in [1.82, 2.24) is 19.5 Å². The number of aryl methyl sites for hydroxylation is 1. The predicted octanol–water partition coefficient (Wildman–Crippen LogP) is 2.07. The monoisotopic (exact) mass is 252 g/mol. The predicted molar refractivity (Wildman–Crippen MR) is 64.6 cm³/mol. The molecule has 0 aliphatic heterocycles. The van der Waals surface area contributed by atoms with Gasteiger partial charge < -0.3 is 9.30 Å². The van der Waals surface area contributed by atoms with Crippen molar-refractivity contribution >= 4 is 11.6 Å². The second-order valence-electron chi connectivity index (χ2n) is 3.49. The van der Waals surface area contributed by atoms with Gasteiger partial charge in [0.2, 0.25) is 0 Å². The summed E-state index contributed by atoms with van der Waals surface area (Å²) < 4.78 is 7.14. The van der Waals surface area contributed by atoms with E-state index in [1.54, 1.807) is 12.3 Å². The van der Waals surface area contributed by atoms with Crippen LogP contribution in [0.25, 0.3) is 11.5 Å². The Labute approximate surface area is 104 Å². The van der Waals surface area contributed by atoms with Gasteiger partial charge in [-0.15, -0.1) is 0 Å². The Morgan fingerprint density at radius 1 is 1.41 bits per heavy atom. The molecule has 0 unspecified atom stereocenters. The maximum absolute atomic E-state index is 5.95. The van der Waals surface area contributed by atoms with E-state index in [9.17, 15) is 0 Å². The third-order valence-corrected chi connectivity index (χ3v) is 2.42. The number of ether oxygens (including phenoxy) is 1. The molecule has 6 heteroatoms. The molecule has 0 saturated carbocycles. The van der Waals surface area contributed by atoms with Crippen LogP contribution in [-0.2, 0) is 18.4 Å². The second kappa shape index (κ2) is 5.25. The standard InChI is InChI=1S/C11H13ClN4O/c1-3-17-7-10-14-8(6-9(12)15-10)11-13-4-5-16(11)2/h4-6H,3,7H2,1-2H3. The molecule has 0 fully saturated rings. The van der Waals surface area contributed by atoms with Crippen molar-refractivity contribution in [3.05, 3.63) is 29.4 Å². The number of halogens is 1. The molecular weight excluding hydrogens is 240 g/mol. The van der Waals surface area contributed by atoms with E-state index in [-0.39, 0.29) is 0 Å². The van der Waals surface area contributed by atoms with Crippen molar-refractivity contribution in [3.8, 4) is 11.5 Å². The van der Waals surface area contributed by atoms with Crippen LogP contribution in [-0.4, -0.2) is 26.1 Å². The first-order chi connectivity index (χ1) is 8.20. The molecule has 2 heterocycles. The molecule has 2 aromatic rings. The number of rotatable bonds is 4. The molecule has 0 N–H and O–H groups in total. The maximum Gasteiger partial charge on any atom is 0.158 e. The Bertz CT molecular complexity index is 512. The molecule has 0 aromatic carbocycles. The van der Waals surface area contributed by atoms with Crippen LogP contribution in [0.5, 0.6) is 0 Å². The second-order valence-corrected chi connectivity index (χ2v) is 3.88. The Hall–Kier alpha value is -1.46. The molecule has 0 amide bonds. The fourth-order valence-electron chi connectivity index (χ4n) is 1.45. The zero-order valence-electron chi connectivity index (χ0n) is 9.72. The molecule has 0 aliphatic carbocycles. The number of hydrogen-bond acceptors (Lipinski definition) is 4. The van der Waals surface area contributed by atoms with Gasteiger partial charge in [0.05, 0.1) is 0 Å². The minimum atomic E-state index is 0.356. The van der Waals surface area contributed by atoms with E-state index in [1.807, 2.05) is 24.7 Å². The summed E-state index contributed by atoms with van der Waals surface area (Å²) in [7, 11) is 1.90. The summed E-state index contributed by atoms with van der Waals surface area (Å²) in [5.41, 5.74) is 0.701. The van der Waals surface area contributed by atoms with Crippen molar-refractivity contribution in [2.24, 2.45) is 7.05 Å². The highest BCUT2D eigenvalue weighted by atomic mass is 35.5. The molecule has 5 nitrogen and oxygen atoms in total. The van der Waals surface area contributed by atoms with Crippen molar-refractivity contribution < 1.29 is 4.74 Å². The smallest absolute Gasteiger partial charge is 0.158 e. The van der Waals surface area contributed by atoms with Crippen LogP contribution in [0.15, 0.2) is 18.5 Å². The van der Waals surface area contributed by atoms with Crippen molar-refractivity contribution in [2.75, 3.05) is 6.61 Å². The molecule has 0 spiro atoms. The highest BCUT2D eigenvalue weighted by molar-refractivity contribution is 6.29. The van der Waals surface area contributed by atoms with E-state index < -0.39 is 0 Å². The van der Waals surface area contributed by atoms with Crippen LogP contribution < -0.4 is 0 Å². The fraction of sp³-hybridized carbons (Fsp3) is 0.364. The van der Waals surface area contributed by atoms with Crippen LogP contribution in [0, 0.1) is 0 Å². The largest absolute Gasteiger partial charge is 0.374 e. The summed E-state index contributed by atoms with van der Waals surface area (Å²) in [6.45, 7) is 2.90. The lowest BCUT2D eigenvalue weighted by Gasteiger charge is -2.05. The number of aromatic nitrogens is 4. The third kappa shape index (κ3) is 2.81. The normalized spacial score (nSPS) is 10.8. The van der Waals surface area contributed by atoms with E-state index in [1.165, 1.54) is 0 Å². The minimum absolute atomic E-state index is 0.356. The van der Waals surface area contributed by atoms with Crippen LogP contribution in [0.3, 0.4) is 0 Å². The fourth-order valence-corrected chi connectivity index (χ4v) is 1.65. The first-order valence-corrected chi connectivity index (χ1v) is 5.67. The number of nitrogens with zero attached hydrogens (tertiary/aromatic N) is 4. The van der Waals surface area contributed by atoms with Gasteiger partial charge in [0.15, 0.2) is 11.6 Å². The summed E-state index contributed by atoms with van der Waals surface area (Å²) in [6.07, 6.45) is 3.57. The number of hydrogen-bond donors (Lipinski definition) is 0. The van der Waals surface area contributed by atoms with Gasteiger partial charge >= 0.3 is 0 Å². The molecule has 17 heavy (non-hydrogen) atoms. The Morgan fingerprint density at radius 3 is 2.88 bits per heavy atom. The molecule has 90 valence electrons. The van der Waals surface area contributed by atoms with Crippen molar-refractivity contribution in [1.29, 1.82) is 0 Å². The lowest BCUT2D eigenvalue weighted by Crippen LogP contribution is -2.02. The molecule has 2 aromatic heterocycles. The van der Waals surface area contributed by atoms with Gasteiger partial charge in [0.25, 0.3) is 0 Å². The lowest BCUT2D eigenvalue weighted by atomic mass is 10.3. The summed E-state index contributed by atoms with van der Waals surface area (Å²) in [4.78, 5) is 12.7. The molecule has 0 saturated heterocycles. The van der Waals surface area contributed by atoms with E-state index in [0.29, 0.717) is 29.9 Å². The summed E-state index contributed by atoms with van der Waals surface area (Å²) in [5.74, 6) is 1.32. The SMILES string of the molecule is CCOCc1nc(Cl)cc(-c2nccn2C)n1. The van der Waals surface area contributed by atoms with E-state index in [0.717, 1.165) is 5.82 Å². The average molecular weight is 253 g/mol. The Balaban J connectivity index is 2.35. The zero-order valence-corrected chi connectivity index (χ0v) is 10.5. The van der Waals surface area contributed by atoms with Crippen molar-refractivity contribution in [2.45, 2.75) is 13.5 Å². The molecule has 0 aliphatic rings. The van der Waals surface area contributed by atoms with E-state index in [2.05, 4.69) is 15.0 Å². The van der Waals surface area contributed by atoms with Gasteiger partial charge in [-0.25, -0.2) is 15.0 Å². The quantitative estimate of drug-likeness (QED) is 0.782. The average Bonchev–Trinajstić information content (AvgIpc) is 2.72. The Morgan fingerprint density at radius 2 is 2.24 bits per heavy atom. The molecule has 0 radical (unpaired) electrons. The van der Waals surface area contributed by atoms with Gasteiger partial charge in [-0.1, -0.05) is 11.6 Å². The molecule has 0 bridgehead atoms. The highest BCUT2D eigenvalue weighted by Gasteiger charge is 2.09. The van der Waals surface area contributed by atoms with Crippen LogP contribution >= 0.6 is 11.6 Å². The molecule has 0 atom stereocenters. The van der Waals surface area contributed by atoms with Crippen LogP contribution in [0.2, 0.25) is 5.15 Å². The van der Waals surface area contributed by atoms with E-state index >= 15 is 0 Å². The minimum Gasteiger partial charge on any atom is -0.374 e. The van der Waals surface area contributed by atoms with Gasteiger partial charge in [-0.3, -0.25) is 0 Å². The van der Waals surface area contributed by atoms with Gasteiger partial charge in [-0.2, -0.15) is 0 Å². The van der Waals surface area contributed by atoms with Crippen LogP contribution in [0.4, 0.5) is 0 Å². The summed E-state index contributed by atoms with van der Waals surface area (Å²) in [5, 5.41) is 0.396. The van der Waals surface area contributed by atoms with Crippen LogP contribution in [0.1, 0.15) is 12.7 Å². The first-order valence-electron chi connectivity index (χ1n) is 5.29. The maximum atomic E-state index is 5.95. The lowest BCUT2D eigenvalue weighted by molar-refractivity contribution is 0.128. The van der Waals surface area contributed by atoms with Gasteiger partial charge in [-0.05, 0) is 6.92 Å². The summed E-state index contributed by atoms with van der Waals surface area (Å²) >= 11 is 5.95. The molecule has 2 rings (SSSR count). The zero-order chi connectivity index (χ0) is 12.3. The summed E-state index contributed by atoms with van der Waals surface area (Å²) in [6, 6.07) is 1.69. The third-order valence-electron chi connectivity index (χ3n) is 2.23. The highest BCUT2D eigenvalue weighted by Crippen LogP contribution is 2.17. The van der Waals surface area contributed by atoms with E-state index in [4.69, 9.17) is 16.3 Å². The first kappa shape index (κ1) is 12.0. The van der Waals surface area contributed by atoms with Gasteiger partial charge in [0, 0.05) is 32.1 Å². The van der Waals surface area contributed by atoms with Gasteiger partial charge in [0.1, 0.15) is 17.5 Å².